The monoisotopic (exact) mass is 281 g/mol. The molecule has 114 valence electrons. The van der Waals surface area contributed by atoms with E-state index in [1.165, 1.54) is 6.42 Å². The summed E-state index contributed by atoms with van der Waals surface area (Å²) in [5.41, 5.74) is 1.14. The Bertz CT molecular complexity index is 323. The number of hydrogen-bond donors (Lipinski definition) is 1. The second kappa shape index (κ2) is 15.2. The van der Waals surface area contributed by atoms with Crippen molar-refractivity contribution in [3.05, 3.63) is 36.9 Å². The molecule has 1 N–H and O–H groups in total. The van der Waals surface area contributed by atoms with Crippen LogP contribution in [0, 0.1) is 0 Å². The van der Waals surface area contributed by atoms with Crippen molar-refractivity contribution in [2.45, 2.75) is 19.8 Å². The lowest BCUT2D eigenvalue weighted by Gasteiger charge is -2.12. The number of allylic oxidation sites excluding steroid dienone is 1. The summed E-state index contributed by atoms with van der Waals surface area (Å²) >= 11 is 0. The van der Waals surface area contributed by atoms with E-state index < -0.39 is 0 Å². The molecule has 1 aromatic rings. The summed E-state index contributed by atoms with van der Waals surface area (Å²) < 4.78 is 5.22. The first-order valence-corrected chi connectivity index (χ1v) is 6.56. The fourth-order valence-corrected chi connectivity index (χ4v) is 1.21. The molecule has 0 amide bonds. The van der Waals surface area contributed by atoms with Crippen molar-refractivity contribution in [1.82, 2.24) is 0 Å². The number of nitrogens with zero attached hydrogens (tertiary/aromatic N) is 1. The van der Waals surface area contributed by atoms with Crippen LogP contribution in [0.1, 0.15) is 19.8 Å². The van der Waals surface area contributed by atoms with Crippen molar-refractivity contribution in [1.29, 1.82) is 0 Å². The summed E-state index contributed by atoms with van der Waals surface area (Å²) in [6, 6.07) is 7.75. The van der Waals surface area contributed by atoms with Crippen LogP contribution in [0.2, 0.25) is 0 Å². The number of ether oxygens (including phenoxy) is 1. The maximum atomic E-state index is 8.54. The molecule has 0 aliphatic heterocycles. The molecule has 0 saturated heterocycles. The number of hydrogen-bond acceptors (Lipinski definition) is 4. The Morgan fingerprint density at radius 2 is 1.80 bits per heavy atom. The zero-order valence-electron chi connectivity index (χ0n) is 12.8. The number of aliphatic hydroxyl groups is 1. The smallest absolute Gasteiger partial charge is 0.119 e. The van der Waals surface area contributed by atoms with Gasteiger partial charge in [0.2, 0.25) is 0 Å². The molecule has 20 heavy (non-hydrogen) atoms. The third-order valence-electron chi connectivity index (χ3n) is 2.21. The van der Waals surface area contributed by atoms with Gasteiger partial charge in [0.1, 0.15) is 19.1 Å². The van der Waals surface area contributed by atoms with Gasteiger partial charge in [-0.3, -0.25) is 0 Å². The molecule has 1 rings (SSSR count). The van der Waals surface area contributed by atoms with Crippen molar-refractivity contribution in [3.8, 4) is 5.75 Å². The third-order valence-corrected chi connectivity index (χ3v) is 2.21. The molecule has 0 atom stereocenters. The molecule has 0 aliphatic carbocycles. The molecule has 0 aromatic heterocycles. The van der Waals surface area contributed by atoms with E-state index in [0.29, 0.717) is 6.61 Å². The fourth-order valence-electron chi connectivity index (χ4n) is 1.21. The van der Waals surface area contributed by atoms with Crippen LogP contribution in [0.25, 0.3) is 0 Å². The Balaban J connectivity index is 0. The van der Waals surface area contributed by atoms with E-state index in [9.17, 15) is 0 Å². The molecule has 0 spiro atoms. The molecule has 0 unspecified atom stereocenters. The molecule has 0 radical (unpaired) electrons. The van der Waals surface area contributed by atoms with Gasteiger partial charge in [-0.25, -0.2) is 0 Å². The first-order valence-electron chi connectivity index (χ1n) is 6.56. The maximum absolute atomic E-state index is 8.54. The highest BCUT2D eigenvalue weighted by atomic mass is 16.5. The van der Waals surface area contributed by atoms with Gasteiger partial charge in [0.15, 0.2) is 0 Å². The lowest BCUT2D eigenvalue weighted by molar-refractivity contribution is -0.0979. The number of unbranched alkanes of at least 4 members (excludes halogenated alkanes) is 1. The largest absolute Gasteiger partial charge is 0.491 e. The average molecular weight is 281 g/mol. The molecule has 0 bridgehead atoms. The molecule has 0 fully saturated rings. The van der Waals surface area contributed by atoms with Crippen LogP contribution in [0.4, 0.5) is 5.69 Å². The summed E-state index contributed by atoms with van der Waals surface area (Å²) in [6.45, 7) is 8.09. The van der Waals surface area contributed by atoms with Crippen molar-refractivity contribution >= 4 is 12.5 Å². The van der Waals surface area contributed by atoms with E-state index in [4.69, 9.17) is 14.6 Å². The fraction of sp³-hybridized carbons (Fsp3) is 0.438. The number of aliphatic hydroxyl groups excluding tert-OH is 1. The van der Waals surface area contributed by atoms with E-state index in [-0.39, 0.29) is 6.61 Å². The Morgan fingerprint density at radius 1 is 1.25 bits per heavy atom. The Morgan fingerprint density at radius 3 is 2.10 bits per heavy atom. The maximum Gasteiger partial charge on any atom is 0.119 e. The summed E-state index contributed by atoms with van der Waals surface area (Å²) in [7, 11) is 3.98. The number of carbonyl (C=O) groups excluding carboxylic acids is 1. The van der Waals surface area contributed by atoms with Crippen molar-refractivity contribution in [2.24, 2.45) is 0 Å². The van der Waals surface area contributed by atoms with Gasteiger partial charge in [0.25, 0.3) is 0 Å². The summed E-state index contributed by atoms with van der Waals surface area (Å²) in [5, 5.41) is 8.54. The van der Waals surface area contributed by atoms with Gasteiger partial charge >= 0.3 is 0 Å². The van der Waals surface area contributed by atoms with Crippen LogP contribution in [-0.2, 0) is 4.79 Å². The second-order valence-corrected chi connectivity index (χ2v) is 4.04. The highest BCUT2D eigenvalue weighted by Gasteiger charge is 1.95. The van der Waals surface area contributed by atoms with E-state index >= 15 is 0 Å². The Hall–Kier alpha value is -1.81. The normalized spacial score (nSPS) is 8.40. The molecule has 4 heteroatoms. The van der Waals surface area contributed by atoms with E-state index in [1.807, 2.05) is 56.1 Å². The van der Waals surface area contributed by atoms with Crippen LogP contribution in [0.15, 0.2) is 36.9 Å². The topological polar surface area (TPSA) is 49.8 Å². The van der Waals surface area contributed by atoms with Crippen molar-refractivity contribution < 1.29 is 14.6 Å². The van der Waals surface area contributed by atoms with Crippen LogP contribution in [-0.4, -0.2) is 39.2 Å². The van der Waals surface area contributed by atoms with Gasteiger partial charge in [0, 0.05) is 19.8 Å². The van der Waals surface area contributed by atoms with Crippen LogP contribution in [0.3, 0.4) is 0 Å². The first-order chi connectivity index (χ1) is 9.65. The number of carbonyl (C=O) groups is 1. The van der Waals surface area contributed by atoms with Gasteiger partial charge in [-0.2, -0.15) is 0 Å². The predicted octanol–water partition coefficient (Wildman–Crippen LogP) is 2.91. The Kier molecular flexibility index (Phi) is 15.6. The average Bonchev–Trinajstić information content (AvgIpc) is 2.49. The number of rotatable bonds is 6. The molecule has 0 aliphatic rings. The van der Waals surface area contributed by atoms with E-state index in [1.54, 1.807) is 0 Å². The molecular weight excluding hydrogens is 254 g/mol. The lowest BCUT2D eigenvalue weighted by Crippen LogP contribution is -2.08. The van der Waals surface area contributed by atoms with Gasteiger partial charge < -0.3 is 19.5 Å². The zero-order valence-corrected chi connectivity index (χ0v) is 12.8. The molecule has 0 saturated carbocycles. The van der Waals surface area contributed by atoms with Crippen LogP contribution < -0.4 is 9.64 Å². The Labute approximate surface area is 122 Å². The summed E-state index contributed by atoms with van der Waals surface area (Å²) in [6.07, 6.45) is 4.31. The minimum absolute atomic E-state index is 0.0510. The minimum Gasteiger partial charge on any atom is -0.491 e. The number of benzene rings is 1. The van der Waals surface area contributed by atoms with Gasteiger partial charge in [-0.05, 0) is 30.7 Å². The van der Waals surface area contributed by atoms with Crippen molar-refractivity contribution in [3.63, 3.8) is 0 Å². The SMILES string of the molecule is C=CCCC.C=O.CN(C)c1ccc(OCCO)cc1. The zero-order chi connectivity index (χ0) is 15.8. The first kappa shape index (κ1) is 20.5. The third kappa shape index (κ3) is 11.3. The quantitative estimate of drug-likeness (QED) is 0.815. The highest BCUT2D eigenvalue weighted by Crippen LogP contribution is 2.17. The van der Waals surface area contributed by atoms with Gasteiger partial charge in [-0.1, -0.05) is 19.4 Å². The van der Waals surface area contributed by atoms with E-state index in [0.717, 1.165) is 17.9 Å². The molecule has 0 heterocycles. The van der Waals surface area contributed by atoms with Gasteiger partial charge in [0.05, 0.1) is 6.61 Å². The second-order valence-electron chi connectivity index (χ2n) is 4.04. The van der Waals surface area contributed by atoms with Crippen molar-refractivity contribution in [2.75, 3.05) is 32.2 Å². The predicted molar refractivity (Wildman–Crippen MR) is 85.6 cm³/mol. The highest BCUT2D eigenvalue weighted by molar-refractivity contribution is 5.47. The standard InChI is InChI=1S/C10H15NO2.C5H10.CH2O/c1-11(2)9-3-5-10(6-4-9)13-8-7-12;1-3-5-4-2;1-2/h3-6,12H,7-8H2,1-2H3;3H,1,4-5H2,2H3;1H2. The van der Waals surface area contributed by atoms with Crippen LogP contribution in [0.5, 0.6) is 5.75 Å². The summed E-state index contributed by atoms with van der Waals surface area (Å²) in [5.74, 6) is 0.791. The van der Waals surface area contributed by atoms with E-state index in [2.05, 4.69) is 13.5 Å². The number of anilines is 1. The van der Waals surface area contributed by atoms with Crippen LogP contribution >= 0.6 is 0 Å². The lowest BCUT2D eigenvalue weighted by atomic mass is 10.3. The molecule has 4 nitrogen and oxygen atoms in total. The molecule has 1 aromatic carbocycles. The minimum atomic E-state index is 0.0510. The molecular formula is C16H27NO3. The summed E-state index contributed by atoms with van der Waals surface area (Å²) in [4.78, 5) is 10.0. The van der Waals surface area contributed by atoms with Gasteiger partial charge in [-0.15, -0.1) is 6.58 Å².